The molecule has 0 bridgehead atoms. The quantitative estimate of drug-likeness (QED) is 0.761. The first kappa shape index (κ1) is 13.7. The molecule has 0 aliphatic heterocycles. The van der Waals surface area contributed by atoms with E-state index in [1.807, 2.05) is 13.8 Å². The normalized spacial score (nSPS) is 12.8. The summed E-state index contributed by atoms with van der Waals surface area (Å²) in [5, 5.41) is 15.7. The zero-order valence-corrected chi connectivity index (χ0v) is 10.3. The van der Waals surface area contributed by atoms with Gasteiger partial charge < -0.3 is 19.7 Å². The van der Waals surface area contributed by atoms with Crippen LogP contribution in [0.5, 0.6) is 0 Å². The first-order valence-corrected chi connectivity index (χ1v) is 5.45. The van der Waals surface area contributed by atoms with Gasteiger partial charge in [-0.3, -0.25) is 4.79 Å². The topological polar surface area (TPSA) is 84.6 Å². The highest BCUT2D eigenvalue weighted by molar-refractivity contribution is 5.92. The van der Waals surface area contributed by atoms with Gasteiger partial charge in [0.1, 0.15) is 6.61 Å². The molecule has 2 N–H and O–H groups in total. The number of ether oxygens (including phenoxy) is 1. The van der Waals surface area contributed by atoms with Crippen molar-refractivity contribution in [3.8, 4) is 0 Å². The number of nitrogens with zero attached hydrogens (tertiary/aromatic N) is 1. The average Bonchev–Trinajstić information content (AvgIpc) is 2.74. The Hall–Kier alpha value is -1.40. The second-order valence-electron chi connectivity index (χ2n) is 4.13. The Morgan fingerprint density at radius 1 is 1.65 bits per heavy atom. The van der Waals surface area contributed by atoms with Crippen LogP contribution in [0.25, 0.3) is 0 Å². The van der Waals surface area contributed by atoms with Gasteiger partial charge in [0.2, 0.25) is 0 Å². The Labute approximate surface area is 99.9 Å². The summed E-state index contributed by atoms with van der Waals surface area (Å²) in [5.74, 6) is 0.217. The summed E-state index contributed by atoms with van der Waals surface area (Å²) in [6, 6.07) is 1.51. The highest BCUT2D eigenvalue weighted by atomic mass is 16.5. The van der Waals surface area contributed by atoms with Gasteiger partial charge in [0.05, 0.1) is 6.10 Å². The van der Waals surface area contributed by atoms with Crippen molar-refractivity contribution >= 4 is 5.91 Å². The zero-order chi connectivity index (χ0) is 12.8. The van der Waals surface area contributed by atoms with Crippen molar-refractivity contribution in [3.63, 3.8) is 0 Å². The number of aromatic nitrogens is 1. The van der Waals surface area contributed by atoms with Crippen LogP contribution in [-0.2, 0) is 11.3 Å². The van der Waals surface area contributed by atoms with Crippen LogP contribution in [0, 0.1) is 5.92 Å². The average molecular weight is 242 g/mol. The van der Waals surface area contributed by atoms with Gasteiger partial charge in [0.15, 0.2) is 11.5 Å². The molecule has 96 valence electrons. The van der Waals surface area contributed by atoms with Gasteiger partial charge in [0.25, 0.3) is 5.91 Å². The number of aliphatic hydroxyl groups is 1. The van der Waals surface area contributed by atoms with Crippen LogP contribution in [0.15, 0.2) is 10.6 Å². The van der Waals surface area contributed by atoms with Crippen LogP contribution in [-0.4, -0.2) is 35.9 Å². The van der Waals surface area contributed by atoms with Crippen molar-refractivity contribution in [1.82, 2.24) is 10.5 Å². The van der Waals surface area contributed by atoms with Crippen molar-refractivity contribution in [2.24, 2.45) is 5.92 Å². The molecule has 0 fully saturated rings. The van der Waals surface area contributed by atoms with Gasteiger partial charge in [0, 0.05) is 19.7 Å². The van der Waals surface area contributed by atoms with Crippen LogP contribution in [0.2, 0.25) is 0 Å². The fraction of sp³-hybridized carbons (Fsp3) is 0.636. The maximum Gasteiger partial charge on any atom is 0.273 e. The Morgan fingerprint density at radius 2 is 2.35 bits per heavy atom. The van der Waals surface area contributed by atoms with E-state index >= 15 is 0 Å². The van der Waals surface area contributed by atoms with Gasteiger partial charge >= 0.3 is 0 Å². The number of methoxy groups -OCH3 is 1. The molecular formula is C11H18N2O4. The van der Waals surface area contributed by atoms with E-state index in [1.54, 1.807) is 0 Å². The molecule has 17 heavy (non-hydrogen) atoms. The van der Waals surface area contributed by atoms with E-state index in [0.717, 1.165) is 0 Å². The van der Waals surface area contributed by atoms with Crippen LogP contribution in [0.1, 0.15) is 30.1 Å². The molecule has 1 unspecified atom stereocenters. The summed E-state index contributed by atoms with van der Waals surface area (Å²) in [4.78, 5) is 11.6. The van der Waals surface area contributed by atoms with Crippen LogP contribution >= 0.6 is 0 Å². The molecule has 1 aromatic heterocycles. The second-order valence-corrected chi connectivity index (χ2v) is 4.13. The Bertz CT molecular complexity index is 362. The van der Waals surface area contributed by atoms with Gasteiger partial charge in [-0.05, 0) is 5.92 Å². The lowest BCUT2D eigenvalue weighted by molar-refractivity contribution is 0.0863. The number of carbonyl (C=O) groups is 1. The fourth-order valence-electron chi connectivity index (χ4n) is 1.15. The first-order chi connectivity index (χ1) is 8.04. The summed E-state index contributed by atoms with van der Waals surface area (Å²) in [5.41, 5.74) is 0.188. The van der Waals surface area contributed by atoms with Crippen molar-refractivity contribution < 1.29 is 19.2 Å². The predicted octanol–water partition coefficient (Wildman–Crippen LogP) is 0.568. The number of rotatable bonds is 6. The highest BCUT2D eigenvalue weighted by Crippen LogP contribution is 2.05. The van der Waals surface area contributed by atoms with E-state index in [9.17, 15) is 9.90 Å². The molecule has 0 saturated heterocycles. The van der Waals surface area contributed by atoms with Crippen LogP contribution < -0.4 is 5.32 Å². The molecule has 0 saturated carbocycles. The minimum atomic E-state index is -0.565. The first-order valence-electron chi connectivity index (χ1n) is 5.45. The van der Waals surface area contributed by atoms with Crippen molar-refractivity contribution in [2.75, 3.05) is 13.7 Å². The van der Waals surface area contributed by atoms with E-state index in [1.165, 1.54) is 13.2 Å². The minimum Gasteiger partial charge on any atom is -0.391 e. The molecule has 0 aliphatic carbocycles. The number of nitrogens with one attached hydrogen (secondary N) is 1. The second kappa shape index (κ2) is 6.36. The molecular weight excluding hydrogens is 224 g/mol. The number of hydrogen-bond acceptors (Lipinski definition) is 5. The van der Waals surface area contributed by atoms with Crippen LogP contribution in [0.3, 0.4) is 0 Å². The van der Waals surface area contributed by atoms with Gasteiger partial charge in [-0.2, -0.15) is 0 Å². The third-order valence-corrected chi connectivity index (χ3v) is 2.32. The van der Waals surface area contributed by atoms with Gasteiger partial charge in [-0.25, -0.2) is 0 Å². The Balaban J connectivity index is 2.46. The molecule has 1 amide bonds. The SMILES string of the molecule is COCc1cc(C(=O)NCC(O)C(C)C)no1. The molecule has 6 nitrogen and oxygen atoms in total. The number of carbonyl (C=O) groups excluding carboxylic acids is 1. The van der Waals surface area contributed by atoms with Crippen LogP contribution in [0.4, 0.5) is 0 Å². The molecule has 1 atom stereocenters. The van der Waals surface area contributed by atoms with E-state index in [-0.39, 0.29) is 30.7 Å². The predicted molar refractivity (Wildman–Crippen MR) is 60.4 cm³/mol. The van der Waals surface area contributed by atoms with Gasteiger partial charge in [-0.15, -0.1) is 0 Å². The minimum absolute atomic E-state index is 0.0941. The van der Waals surface area contributed by atoms with Gasteiger partial charge in [-0.1, -0.05) is 19.0 Å². The molecule has 1 heterocycles. The van der Waals surface area contributed by atoms with Crippen molar-refractivity contribution in [3.05, 3.63) is 17.5 Å². The third kappa shape index (κ3) is 4.16. The maximum absolute atomic E-state index is 11.6. The number of aliphatic hydroxyl groups excluding tert-OH is 1. The maximum atomic E-state index is 11.6. The number of hydrogen-bond donors (Lipinski definition) is 2. The zero-order valence-electron chi connectivity index (χ0n) is 10.3. The summed E-state index contributed by atoms with van der Waals surface area (Å²) in [7, 11) is 1.53. The summed E-state index contributed by atoms with van der Waals surface area (Å²) in [6.07, 6.45) is -0.565. The Morgan fingerprint density at radius 3 is 2.94 bits per heavy atom. The molecule has 0 radical (unpaired) electrons. The molecule has 6 heteroatoms. The molecule has 0 aliphatic rings. The van der Waals surface area contributed by atoms with E-state index in [0.29, 0.717) is 5.76 Å². The smallest absolute Gasteiger partial charge is 0.273 e. The number of amides is 1. The standard InChI is InChI=1S/C11H18N2O4/c1-7(2)10(14)5-12-11(15)9-4-8(6-16-3)17-13-9/h4,7,10,14H,5-6H2,1-3H3,(H,12,15). The lowest BCUT2D eigenvalue weighted by Crippen LogP contribution is -2.34. The van der Waals surface area contributed by atoms with E-state index in [2.05, 4.69) is 10.5 Å². The largest absolute Gasteiger partial charge is 0.391 e. The monoisotopic (exact) mass is 242 g/mol. The molecule has 0 spiro atoms. The molecule has 1 rings (SSSR count). The van der Waals surface area contributed by atoms with E-state index < -0.39 is 6.10 Å². The summed E-state index contributed by atoms with van der Waals surface area (Å²) < 4.78 is 9.73. The highest BCUT2D eigenvalue weighted by Gasteiger charge is 2.15. The lowest BCUT2D eigenvalue weighted by Gasteiger charge is -2.14. The fourth-order valence-corrected chi connectivity index (χ4v) is 1.15. The molecule has 1 aromatic rings. The summed E-state index contributed by atoms with van der Waals surface area (Å²) >= 11 is 0. The Kier molecular flexibility index (Phi) is 5.11. The van der Waals surface area contributed by atoms with Crippen molar-refractivity contribution in [2.45, 2.75) is 26.6 Å². The molecule has 0 aromatic carbocycles. The summed E-state index contributed by atoms with van der Waals surface area (Å²) in [6.45, 7) is 4.23. The van der Waals surface area contributed by atoms with E-state index in [4.69, 9.17) is 9.26 Å². The third-order valence-electron chi connectivity index (χ3n) is 2.32. The van der Waals surface area contributed by atoms with Crippen molar-refractivity contribution in [1.29, 1.82) is 0 Å². The lowest BCUT2D eigenvalue weighted by atomic mass is 10.1.